The maximum atomic E-state index is 12.8. The Morgan fingerprint density at radius 1 is 1.14 bits per heavy atom. The van der Waals surface area contributed by atoms with Crippen molar-refractivity contribution in [2.45, 2.75) is 6.92 Å². The summed E-state index contributed by atoms with van der Waals surface area (Å²) in [6.45, 7) is 2.48. The summed E-state index contributed by atoms with van der Waals surface area (Å²) < 4.78 is 10.4. The van der Waals surface area contributed by atoms with Crippen LogP contribution in [0.1, 0.15) is 17.3 Å². The van der Waals surface area contributed by atoms with Crippen LogP contribution in [0.15, 0.2) is 42.5 Å². The molecule has 116 valence electrons. The minimum absolute atomic E-state index is 0.138. The van der Waals surface area contributed by atoms with Crippen LogP contribution >= 0.6 is 0 Å². The molecule has 0 saturated carbocycles. The molecule has 1 amide bonds. The molecule has 2 N–H and O–H groups in total. The van der Waals surface area contributed by atoms with Gasteiger partial charge in [0.1, 0.15) is 0 Å². The zero-order valence-electron chi connectivity index (χ0n) is 13.0. The molecule has 0 bridgehead atoms. The van der Waals surface area contributed by atoms with Crippen molar-refractivity contribution in [1.82, 2.24) is 0 Å². The molecule has 0 atom stereocenters. The Bertz CT molecular complexity index is 656. The van der Waals surface area contributed by atoms with Crippen LogP contribution in [-0.4, -0.2) is 26.7 Å². The minimum Gasteiger partial charge on any atom is -0.493 e. The number of methoxy groups -OCH3 is 2. The number of para-hydroxylation sites is 1. The smallest absolute Gasteiger partial charge is 0.258 e. The Balaban J connectivity index is 2.42. The molecule has 5 heteroatoms. The molecule has 0 unspecified atom stereocenters. The molecule has 2 rings (SSSR count). The Hall–Kier alpha value is -2.69. The van der Waals surface area contributed by atoms with Crippen molar-refractivity contribution in [3.63, 3.8) is 0 Å². The summed E-state index contributed by atoms with van der Waals surface area (Å²) in [4.78, 5) is 14.5. The van der Waals surface area contributed by atoms with E-state index in [9.17, 15) is 4.79 Å². The minimum atomic E-state index is -0.138. The van der Waals surface area contributed by atoms with Gasteiger partial charge >= 0.3 is 0 Å². The molecule has 0 aliphatic carbocycles. The van der Waals surface area contributed by atoms with Crippen LogP contribution in [-0.2, 0) is 0 Å². The first kappa shape index (κ1) is 15.7. The molecule has 2 aromatic carbocycles. The summed E-state index contributed by atoms with van der Waals surface area (Å²) in [5, 5.41) is 0. The Labute approximate surface area is 130 Å². The van der Waals surface area contributed by atoms with E-state index in [1.807, 2.05) is 37.3 Å². The van der Waals surface area contributed by atoms with Crippen molar-refractivity contribution in [3.8, 4) is 11.5 Å². The van der Waals surface area contributed by atoms with Crippen LogP contribution < -0.4 is 20.1 Å². The van der Waals surface area contributed by atoms with Gasteiger partial charge in [-0.2, -0.15) is 0 Å². The Morgan fingerprint density at radius 3 is 2.36 bits per heavy atom. The fourth-order valence-electron chi connectivity index (χ4n) is 2.32. The van der Waals surface area contributed by atoms with Crippen LogP contribution in [0.2, 0.25) is 0 Å². The second-order valence-electron chi connectivity index (χ2n) is 4.69. The third-order valence-electron chi connectivity index (χ3n) is 3.38. The number of amides is 1. The second kappa shape index (κ2) is 6.85. The fraction of sp³-hybridized carbons (Fsp3) is 0.235. The van der Waals surface area contributed by atoms with Gasteiger partial charge in [0.05, 0.1) is 19.9 Å². The van der Waals surface area contributed by atoms with Gasteiger partial charge in [-0.1, -0.05) is 18.2 Å². The summed E-state index contributed by atoms with van der Waals surface area (Å²) in [5.41, 5.74) is 7.62. The number of hydrogen-bond donors (Lipinski definition) is 1. The lowest BCUT2D eigenvalue weighted by Gasteiger charge is -2.22. The van der Waals surface area contributed by atoms with Gasteiger partial charge in [-0.3, -0.25) is 4.79 Å². The van der Waals surface area contributed by atoms with E-state index in [1.165, 1.54) is 14.2 Å². The van der Waals surface area contributed by atoms with E-state index in [0.29, 0.717) is 29.3 Å². The Kier molecular flexibility index (Phi) is 4.88. The molecule has 0 aromatic heterocycles. The summed E-state index contributed by atoms with van der Waals surface area (Å²) in [6, 6.07) is 12.7. The topological polar surface area (TPSA) is 64.8 Å². The second-order valence-corrected chi connectivity index (χ2v) is 4.69. The summed E-state index contributed by atoms with van der Waals surface area (Å²) in [7, 11) is 3.03. The van der Waals surface area contributed by atoms with Gasteiger partial charge in [0.15, 0.2) is 11.5 Å². The lowest BCUT2D eigenvalue weighted by Crippen LogP contribution is -2.30. The number of anilines is 2. The lowest BCUT2D eigenvalue weighted by molar-refractivity contribution is 0.0988. The van der Waals surface area contributed by atoms with Crippen molar-refractivity contribution in [3.05, 3.63) is 48.0 Å². The number of benzene rings is 2. The highest BCUT2D eigenvalue weighted by atomic mass is 16.5. The van der Waals surface area contributed by atoms with E-state index in [4.69, 9.17) is 15.2 Å². The van der Waals surface area contributed by atoms with Gasteiger partial charge < -0.3 is 20.1 Å². The molecule has 0 radical (unpaired) electrons. The van der Waals surface area contributed by atoms with Crippen LogP contribution in [0.4, 0.5) is 11.4 Å². The van der Waals surface area contributed by atoms with E-state index in [0.717, 1.165) is 5.69 Å². The van der Waals surface area contributed by atoms with E-state index in [1.54, 1.807) is 17.0 Å². The molecule has 0 aliphatic heterocycles. The summed E-state index contributed by atoms with van der Waals surface area (Å²) >= 11 is 0. The zero-order valence-corrected chi connectivity index (χ0v) is 13.0. The summed E-state index contributed by atoms with van der Waals surface area (Å²) in [5.74, 6) is 0.734. The van der Waals surface area contributed by atoms with Gasteiger partial charge in [-0.15, -0.1) is 0 Å². The number of rotatable bonds is 5. The largest absolute Gasteiger partial charge is 0.493 e. The number of carbonyl (C=O) groups is 1. The van der Waals surface area contributed by atoms with Crippen molar-refractivity contribution < 1.29 is 14.3 Å². The number of carbonyl (C=O) groups excluding carboxylic acids is 1. The molecule has 0 spiro atoms. The highest BCUT2D eigenvalue weighted by Gasteiger charge is 2.19. The van der Waals surface area contributed by atoms with Crippen molar-refractivity contribution in [1.29, 1.82) is 0 Å². The van der Waals surface area contributed by atoms with Crippen LogP contribution in [0.5, 0.6) is 11.5 Å². The van der Waals surface area contributed by atoms with Crippen molar-refractivity contribution in [2.24, 2.45) is 0 Å². The summed E-state index contributed by atoms with van der Waals surface area (Å²) in [6.07, 6.45) is 0. The van der Waals surface area contributed by atoms with Gasteiger partial charge in [-0.05, 0) is 31.2 Å². The van der Waals surface area contributed by atoms with Crippen LogP contribution in [0.25, 0.3) is 0 Å². The first-order chi connectivity index (χ1) is 10.6. The monoisotopic (exact) mass is 300 g/mol. The zero-order chi connectivity index (χ0) is 16.1. The Morgan fingerprint density at radius 2 is 1.82 bits per heavy atom. The lowest BCUT2D eigenvalue weighted by atomic mass is 10.1. The SMILES string of the molecule is CCN(C(=O)c1cc(N)c(OC)c(OC)c1)c1ccccc1. The highest BCUT2D eigenvalue weighted by Crippen LogP contribution is 2.35. The number of nitrogen functional groups attached to an aromatic ring is 1. The molecule has 0 fully saturated rings. The van der Waals surface area contributed by atoms with E-state index in [2.05, 4.69) is 0 Å². The van der Waals surface area contributed by atoms with Crippen molar-refractivity contribution in [2.75, 3.05) is 31.4 Å². The van der Waals surface area contributed by atoms with Crippen molar-refractivity contribution >= 4 is 17.3 Å². The van der Waals surface area contributed by atoms with E-state index < -0.39 is 0 Å². The third-order valence-corrected chi connectivity index (χ3v) is 3.38. The first-order valence-electron chi connectivity index (χ1n) is 7.00. The number of hydrogen-bond acceptors (Lipinski definition) is 4. The predicted octanol–water partition coefficient (Wildman–Crippen LogP) is 2.95. The predicted molar refractivity (Wildman–Crippen MR) is 87.8 cm³/mol. The molecule has 5 nitrogen and oxygen atoms in total. The van der Waals surface area contributed by atoms with Crippen LogP contribution in [0.3, 0.4) is 0 Å². The number of nitrogens with zero attached hydrogens (tertiary/aromatic N) is 1. The van der Waals surface area contributed by atoms with Gasteiger partial charge in [0, 0.05) is 17.8 Å². The third kappa shape index (κ3) is 2.98. The fourth-order valence-corrected chi connectivity index (χ4v) is 2.32. The van der Waals surface area contributed by atoms with Gasteiger partial charge in [0.25, 0.3) is 5.91 Å². The maximum Gasteiger partial charge on any atom is 0.258 e. The first-order valence-corrected chi connectivity index (χ1v) is 7.00. The van der Waals surface area contributed by atoms with Gasteiger partial charge in [0.2, 0.25) is 0 Å². The number of ether oxygens (including phenoxy) is 2. The molecule has 0 heterocycles. The molecule has 0 saturated heterocycles. The molecular weight excluding hydrogens is 280 g/mol. The molecule has 22 heavy (non-hydrogen) atoms. The number of nitrogens with two attached hydrogens (primary N) is 1. The average molecular weight is 300 g/mol. The molecule has 2 aromatic rings. The average Bonchev–Trinajstić information content (AvgIpc) is 2.55. The van der Waals surface area contributed by atoms with E-state index >= 15 is 0 Å². The molecule has 0 aliphatic rings. The maximum absolute atomic E-state index is 12.8. The van der Waals surface area contributed by atoms with E-state index in [-0.39, 0.29) is 5.91 Å². The standard InChI is InChI=1S/C17H20N2O3/c1-4-19(13-8-6-5-7-9-13)17(20)12-10-14(18)16(22-3)15(11-12)21-2/h5-11H,4,18H2,1-3H3. The van der Waals surface area contributed by atoms with Gasteiger partial charge in [-0.25, -0.2) is 0 Å². The molecular formula is C17H20N2O3. The highest BCUT2D eigenvalue weighted by molar-refractivity contribution is 6.07. The quantitative estimate of drug-likeness (QED) is 0.862. The van der Waals surface area contributed by atoms with Crippen LogP contribution in [0, 0.1) is 0 Å². The normalized spacial score (nSPS) is 10.1.